The lowest BCUT2D eigenvalue weighted by Crippen LogP contribution is -2.45. The topological polar surface area (TPSA) is 87.9 Å². The minimum Gasteiger partial charge on any atom is -0.444 e. The molecule has 0 spiro atoms. The van der Waals surface area contributed by atoms with Crippen molar-refractivity contribution in [3.05, 3.63) is 22.6 Å². The van der Waals surface area contributed by atoms with Gasteiger partial charge in [0.1, 0.15) is 5.60 Å². The number of ether oxygens (including phenoxy) is 1. The highest BCUT2D eigenvalue weighted by Crippen LogP contribution is 2.23. The largest absolute Gasteiger partial charge is 0.444 e. The van der Waals surface area contributed by atoms with Crippen LogP contribution < -0.4 is 10.5 Å². The van der Waals surface area contributed by atoms with E-state index in [-0.39, 0.29) is 23.8 Å². The molecule has 2 saturated heterocycles. The molecular formula is C18H28N4O4. The van der Waals surface area contributed by atoms with E-state index in [1.807, 2.05) is 25.7 Å². The van der Waals surface area contributed by atoms with Crippen LogP contribution in [0.3, 0.4) is 0 Å². The van der Waals surface area contributed by atoms with Gasteiger partial charge in [0.05, 0.1) is 24.0 Å². The van der Waals surface area contributed by atoms with Crippen molar-refractivity contribution in [2.45, 2.75) is 57.8 Å². The zero-order chi connectivity index (χ0) is 18.9. The van der Waals surface area contributed by atoms with Crippen LogP contribution in [0.15, 0.2) is 17.1 Å². The SMILES string of the molecule is CC(C)(C)OC(=O)N1CCCC(n2ncc(N3CC[C@H](O)C3)cc2=O)C1. The molecule has 1 aromatic heterocycles. The van der Waals surface area contributed by atoms with Gasteiger partial charge in [-0.3, -0.25) is 4.79 Å². The predicted molar refractivity (Wildman–Crippen MR) is 97.4 cm³/mol. The van der Waals surface area contributed by atoms with Crippen molar-refractivity contribution >= 4 is 11.8 Å². The summed E-state index contributed by atoms with van der Waals surface area (Å²) in [6.07, 6.45) is 3.28. The molecule has 0 aromatic carbocycles. The lowest BCUT2D eigenvalue weighted by atomic mass is 10.1. The average Bonchev–Trinajstić information content (AvgIpc) is 3.00. The van der Waals surface area contributed by atoms with Crippen molar-refractivity contribution in [3.63, 3.8) is 0 Å². The Kier molecular flexibility index (Phi) is 5.22. The highest BCUT2D eigenvalue weighted by atomic mass is 16.6. The molecule has 3 heterocycles. The fourth-order valence-electron chi connectivity index (χ4n) is 3.48. The zero-order valence-corrected chi connectivity index (χ0v) is 15.7. The Balaban J connectivity index is 1.70. The van der Waals surface area contributed by atoms with E-state index in [1.165, 1.54) is 4.68 Å². The second-order valence-corrected chi connectivity index (χ2v) is 8.11. The highest BCUT2D eigenvalue weighted by Gasteiger charge is 2.29. The number of amides is 1. The third-order valence-corrected chi connectivity index (χ3v) is 4.73. The minimum absolute atomic E-state index is 0.151. The van der Waals surface area contributed by atoms with Crippen LogP contribution in [0.2, 0.25) is 0 Å². The molecule has 1 aromatic rings. The monoisotopic (exact) mass is 364 g/mol. The fraction of sp³-hybridized carbons (Fsp3) is 0.722. The number of rotatable bonds is 2. The smallest absolute Gasteiger partial charge is 0.410 e. The number of hydrogen-bond donors (Lipinski definition) is 1. The number of nitrogens with zero attached hydrogens (tertiary/aromatic N) is 4. The molecule has 8 heteroatoms. The van der Waals surface area contributed by atoms with Crippen LogP contribution in [0.25, 0.3) is 0 Å². The molecule has 1 N–H and O–H groups in total. The molecule has 144 valence electrons. The Morgan fingerprint density at radius 3 is 2.65 bits per heavy atom. The number of likely N-dealkylation sites (tertiary alicyclic amines) is 1. The number of anilines is 1. The third kappa shape index (κ3) is 4.35. The molecule has 0 bridgehead atoms. The van der Waals surface area contributed by atoms with Crippen molar-refractivity contribution in [3.8, 4) is 0 Å². The summed E-state index contributed by atoms with van der Waals surface area (Å²) in [7, 11) is 0. The first-order chi connectivity index (χ1) is 12.2. The van der Waals surface area contributed by atoms with Gasteiger partial charge in [0.25, 0.3) is 5.56 Å². The van der Waals surface area contributed by atoms with Gasteiger partial charge >= 0.3 is 6.09 Å². The van der Waals surface area contributed by atoms with Crippen LogP contribution in [-0.4, -0.2) is 63.8 Å². The Labute approximate surface area is 153 Å². The number of aromatic nitrogens is 2. The number of β-amino-alcohol motifs (C(OH)–C–C–N with tert-alkyl or cyclic N) is 1. The molecule has 2 aliphatic heterocycles. The number of piperidine rings is 1. The van der Waals surface area contributed by atoms with E-state index in [1.54, 1.807) is 17.2 Å². The molecule has 3 rings (SSSR count). The van der Waals surface area contributed by atoms with Gasteiger partial charge in [0.15, 0.2) is 0 Å². The Hall–Kier alpha value is -2.09. The number of aliphatic hydroxyl groups excluding tert-OH is 1. The van der Waals surface area contributed by atoms with E-state index in [9.17, 15) is 14.7 Å². The van der Waals surface area contributed by atoms with E-state index >= 15 is 0 Å². The number of aliphatic hydroxyl groups is 1. The molecule has 26 heavy (non-hydrogen) atoms. The first kappa shape index (κ1) is 18.7. The van der Waals surface area contributed by atoms with Crippen molar-refractivity contribution in [2.24, 2.45) is 0 Å². The van der Waals surface area contributed by atoms with E-state index < -0.39 is 5.60 Å². The van der Waals surface area contributed by atoms with Crippen molar-refractivity contribution in [1.29, 1.82) is 0 Å². The predicted octanol–water partition coefficient (Wildman–Crippen LogP) is 1.39. The minimum atomic E-state index is -0.541. The Bertz CT molecular complexity index is 712. The summed E-state index contributed by atoms with van der Waals surface area (Å²) < 4.78 is 6.90. The van der Waals surface area contributed by atoms with E-state index in [2.05, 4.69) is 5.10 Å². The normalized spacial score (nSPS) is 24.0. The molecule has 2 fully saturated rings. The molecule has 0 radical (unpaired) electrons. The second kappa shape index (κ2) is 7.26. The molecule has 1 amide bonds. The molecule has 2 aliphatic rings. The standard InChI is InChI=1S/C18H28N4O4/c1-18(2,3)26-17(25)21-7-4-5-13(11-21)22-16(24)9-14(10-19-22)20-8-6-15(23)12-20/h9-10,13,15,23H,4-8,11-12H2,1-3H3/t13?,15-/m0/s1. The lowest BCUT2D eigenvalue weighted by molar-refractivity contribution is 0.0165. The Morgan fingerprint density at radius 1 is 1.27 bits per heavy atom. The molecule has 2 atom stereocenters. The summed E-state index contributed by atoms with van der Waals surface area (Å²) in [6, 6.07) is 1.42. The third-order valence-electron chi connectivity index (χ3n) is 4.73. The van der Waals surface area contributed by atoms with Gasteiger partial charge in [-0.15, -0.1) is 0 Å². The summed E-state index contributed by atoms with van der Waals surface area (Å²) in [6.45, 7) is 7.82. The van der Waals surface area contributed by atoms with Crippen LogP contribution in [0.5, 0.6) is 0 Å². The molecule has 1 unspecified atom stereocenters. The number of carbonyl (C=O) groups excluding carboxylic acids is 1. The van der Waals surface area contributed by atoms with Crippen LogP contribution >= 0.6 is 0 Å². The maximum absolute atomic E-state index is 12.6. The van der Waals surface area contributed by atoms with Gasteiger partial charge in [0.2, 0.25) is 0 Å². The van der Waals surface area contributed by atoms with Crippen LogP contribution in [0, 0.1) is 0 Å². The summed E-state index contributed by atoms with van der Waals surface area (Å²) in [5.41, 5.74) is 0.0173. The van der Waals surface area contributed by atoms with Crippen molar-refractivity contribution < 1.29 is 14.6 Å². The second-order valence-electron chi connectivity index (χ2n) is 8.11. The van der Waals surface area contributed by atoms with Gasteiger partial charge in [-0.2, -0.15) is 5.10 Å². The summed E-state index contributed by atoms with van der Waals surface area (Å²) >= 11 is 0. The maximum Gasteiger partial charge on any atom is 0.410 e. The van der Waals surface area contributed by atoms with Crippen LogP contribution in [0.4, 0.5) is 10.5 Å². The number of hydrogen-bond acceptors (Lipinski definition) is 6. The van der Waals surface area contributed by atoms with Crippen molar-refractivity contribution in [2.75, 3.05) is 31.1 Å². The van der Waals surface area contributed by atoms with Crippen molar-refractivity contribution in [1.82, 2.24) is 14.7 Å². The van der Waals surface area contributed by atoms with Gasteiger partial charge in [-0.05, 0) is 40.0 Å². The lowest BCUT2D eigenvalue weighted by Gasteiger charge is -2.34. The first-order valence-corrected chi connectivity index (χ1v) is 9.23. The Morgan fingerprint density at radius 2 is 2.04 bits per heavy atom. The van der Waals surface area contributed by atoms with Gasteiger partial charge in [0, 0.05) is 32.2 Å². The maximum atomic E-state index is 12.6. The molecule has 8 nitrogen and oxygen atoms in total. The molecular weight excluding hydrogens is 336 g/mol. The van der Waals surface area contributed by atoms with Gasteiger partial charge in [-0.25, -0.2) is 9.48 Å². The van der Waals surface area contributed by atoms with Crippen LogP contribution in [0.1, 0.15) is 46.1 Å². The fourth-order valence-corrected chi connectivity index (χ4v) is 3.48. The van der Waals surface area contributed by atoms with Crippen LogP contribution in [-0.2, 0) is 4.74 Å². The summed E-state index contributed by atoms with van der Waals surface area (Å²) in [5.74, 6) is 0. The first-order valence-electron chi connectivity index (χ1n) is 9.23. The molecule has 0 saturated carbocycles. The average molecular weight is 364 g/mol. The molecule has 0 aliphatic carbocycles. The van der Waals surface area contributed by atoms with E-state index in [0.717, 1.165) is 25.1 Å². The van der Waals surface area contributed by atoms with E-state index in [0.29, 0.717) is 26.1 Å². The van der Waals surface area contributed by atoms with Gasteiger partial charge < -0.3 is 19.6 Å². The quantitative estimate of drug-likeness (QED) is 0.853. The summed E-state index contributed by atoms with van der Waals surface area (Å²) in [4.78, 5) is 28.5. The highest BCUT2D eigenvalue weighted by molar-refractivity contribution is 5.68. The zero-order valence-electron chi connectivity index (χ0n) is 15.7. The van der Waals surface area contributed by atoms with E-state index in [4.69, 9.17) is 4.74 Å². The summed E-state index contributed by atoms with van der Waals surface area (Å²) in [5, 5.41) is 14.0. The van der Waals surface area contributed by atoms with Gasteiger partial charge in [-0.1, -0.05) is 0 Å². The number of carbonyl (C=O) groups is 1.